The molecule has 1 atom stereocenters. The van der Waals surface area contributed by atoms with E-state index in [4.69, 9.17) is 0 Å². The average molecular weight is 384 g/mol. The SMILES string of the molecule is CCCC1CCC(CCCCC(Cc2cc(F)c(F)c(F)c2)C(=O)O)CC1. The van der Waals surface area contributed by atoms with E-state index >= 15 is 0 Å². The normalized spacial score (nSPS) is 21.2. The van der Waals surface area contributed by atoms with E-state index in [-0.39, 0.29) is 12.0 Å². The first-order chi connectivity index (χ1) is 12.9. The maximum Gasteiger partial charge on any atom is 0.306 e. The van der Waals surface area contributed by atoms with E-state index in [1.54, 1.807) is 0 Å². The Bertz CT molecular complexity index is 587. The monoisotopic (exact) mass is 384 g/mol. The molecule has 2 rings (SSSR count). The number of benzene rings is 1. The van der Waals surface area contributed by atoms with Crippen LogP contribution in [-0.2, 0) is 11.2 Å². The third kappa shape index (κ3) is 6.86. The molecule has 1 fully saturated rings. The maximum absolute atomic E-state index is 13.3. The molecule has 0 saturated heterocycles. The van der Waals surface area contributed by atoms with Crippen LogP contribution in [0.5, 0.6) is 0 Å². The summed E-state index contributed by atoms with van der Waals surface area (Å²) in [4.78, 5) is 11.5. The number of carboxylic acid groups (broad SMARTS) is 1. The Labute approximate surface area is 160 Å². The first-order valence-electron chi connectivity index (χ1n) is 10.3. The Balaban J connectivity index is 1.75. The molecule has 1 aromatic carbocycles. The van der Waals surface area contributed by atoms with Gasteiger partial charge in [0, 0.05) is 0 Å². The zero-order valence-corrected chi connectivity index (χ0v) is 16.2. The highest BCUT2D eigenvalue weighted by Gasteiger charge is 2.22. The molecule has 5 heteroatoms. The van der Waals surface area contributed by atoms with Gasteiger partial charge >= 0.3 is 5.97 Å². The zero-order chi connectivity index (χ0) is 19.8. The van der Waals surface area contributed by atoms with Gasteiger partial charge < -0.3 is 5.11 Å². The molecule has 1 N–H and O–H groups in total. The fraction of sp³-hybridized carbons (Fsp3) is 0.682. The quantitative estimate of drug-likeness (QED) is 0.368. The number of halogens is 3. The van der Waals surface area contributed by atoms with Crippen molar-refractivity contribution < 1.29 is 23.1 Å². The number of aliphatic carboxylic acids is 1. The Morgan fingerprint density at radius 2 is 1.59 bits per heavy atom. The van der Waals surface area contributed by atoms with E-state index in [9.17, 15) is 23.1 Å². The van der Waals surface area contributed by atoms with Gasteiger partial charge in [0.2, 0.25) is 0 Å². The first-order valence-corrected chi connectivity index (χ1v) is 10.3. The van der Waals surface area contributed by atoms with Gasteiger partial charge in [-0.1, -0.05) is 64.7 Å². The summed E-state index contributed by atoms with van der Waals surface area (Å²) < 4.78 is 39.7. The fourth-order valence-corrected chi connectivity index (χ4v) is 4.36. The fourth-order valence-electron chi connectivity index (χ4n) is 4.36. The molecule has 0 spiro atoms. The summed E-state index contributed by atoms with van der Waals surface area (Å²) in [5.74, 6) is -4.09. The minimum Gasteiger partial charge on any atom is -0.481 e. The van der Waals surface area contributed by atoms with E-state index in [0.717, 1.165) is 43.2 Å². The van der Waals surface area contributed by atoms with E-state index in [1.807, 2.05) is 0 Å². The van der Waals surface area contributed by atoms with Crippen LogP contribution in [-0.4, -0.2) is 11.1 Å². The van der Waals surface area contributed by atoms with E-state index in [1.165, 1.54) is 38.5 Å². The van der Waals surface area contributed by atoms with Crippen molar-refractivity contribution in [3.05, 3.63) is 35.1 Å². The minimum atomic E-state index is -1.51. The number of rotatable bonds is 10. The third-order valence-corrected chi connectivity index (χ3v) is 5.95. The standard InChI is InChI=1S/C22H31F3O2/c1-2-5-15-8-10-16(11-9-15)6-3-4-7-18(22(26)27)12-17-13-19(23)21(25)20(24)14-17/h13-16,18H,2-12H2,1H3,(H,26,27). The molecule has 0 bridgehead atoms. The van der Waals surface area contributed by atoms with Crippen molar-refractivity contribution >= 4 is 5.97 Å². The van der Waals surface area contributed by atoms with Crippen molar-refractivity contribution in [2.45, 2.75) is 77.6 Å². The Hall–Kier alpha value is -1.52. The predicted octanol–water partition coefficient (Wildman–Crippen LogP) is 6.51. The van der Waals surface area contributed by atoms with Gasteiger partial charge in [0.05, 0.1) is 5.92 Å². The number of carboxylic acids is 1. The molecular weight excluding hydrogens is 353 g/mol. The second-order valence-corrected chi connectivity index (χ2v) is 8.07. The van der Waals surface area contributed by atoms with Crippen molar-refractivity contribution in [1.82, 2.24) is 0 Å². The van der Waals surface area contributed by atoms with Gasteiger partial charge in [0.25, 0.3) is 0 Å². The van der Waals surface area contributed by atoms with Crippen LogP contribution in [0.15, 0.2) is 12.1 Å². The summed E-state index contributed by atoms with van der Waals surface area (Å²) >= 11 is 0. The van der Waals surface area contributed by atoms with Gasteiger partial charge in [-0.2, -0.15) is 0 Å². The lowest BCUT2D eigenvalue weighted by molar-refractivity contribution is -0.142. The highest BCUT2D eigenvalue weighted by molar-refractivity contribution is 5.70. The van der Waals surface area contributed by atoms with E-state index in [0.29, 0.717) is 6.42 Å². The van der Waals surface area contributed by atoms with Gasteiger partial charge in [0.1, 0.15) is 0 Å². The molecule has 0 aliphatic heterocycles. The number of hydrogen-bond donors (Lipinski definition) is 1. The predicted molar refractivity (Wildman–Crippen MR) is 100.0 cm³/mol. The largest absolute Gasteiger partial charge is 0.481 e. The number of unbranched alkanes of at least 4 members (excludes halogenated alkanes) is 1. The molecule has 0 radical (unpaired) electrons. The summed E-state index contributed by atoms with van der Waals surface area (Å²) in [6.45, 7) is 2.24. The summed E-state index contributed by atoms with van der Waals surface area (Å²) in [5.41, 5.74) is 0.188. The summed E-state index contributed by atoms with van der Waals surface area (Å²) in [6.07, 6.45) is 11.2. The van der Waals surface area contributed by atoms with Crippen molar-refractivity contribution in [1.29, 1.82) is 0 Å². The van der Waals surface area contributed by atoms with Crippen LogP contribution in [0.3, 0.4) is 0 Å². The zero-order valence-electron chi connectivity index (χ0n) is 16.2. The minimum absolute atomic E-state index is 0.0194. The van der Waals surface area contributed by atoms with Gasteiger partial charge in [-0.05, 0) is 42.4 Å². The van der Waals surface area contributed by atoms with Crippen LogP contribution in [0.2, 0.25) is 0 Å². The van der Waals surface area contributed by atoms with Gasteiger partial charge in [-0.3, -0.25) is 4.79 Å². The molecule has 0 heterocycles. The Morgan fingerprint density at radius 3 is 2.11 bits per heavy atom. The maximum atomic E-state index is 13.3. The molecule has 1 unspecified atom stereocenters. The van der Waals surface area contributed by atoms with E-state index < -0.39 is 29.3 Å². The molecule has 0 amide bonds. The van der Waals surface area contributed by atoms with Crippen LogP contribution >= 0.6 is 0 Å². The molecule has 152 valence electrons. The molecule has 1 aliphatic rings. The van der Waals surface area contributed by atoms with Crippen LogP contribution in [0.25, 0.3) is 0 Å². The molecule has 2 nitrogen and oxygen atoms in total. The molecule has 1 saturated carbocycles. The van der Waals surface area contributed by atoms with Crippen molar-refractivity contribution in [2.24, 2.45) is 17.8 Å². The lowest BCUT2D eigenvalue weighted by Gasteiger charge is -2.28. The lowest BCUT2D eigenvalue weighted by Crippen LogP contribution is -2.17. The lowest BCUT2D eigenvalue weighted by atomic mass is 9.78. The number of hydrogen-bond acceptors (Lipinski definition) is 1. The average Bonchev–Trinajstić information content (AvgIpc) is 2.63. The topological polar surface area (TPSA) is 37.3 Å². The van der Waals surface area contributed by atoms with E-state index in [2.05, 4.69) is 6.92 Å². The highest BCUT2D eigenvalue weighted by atomic mass is 19.2. The smallest absolute Gasteiger partial charge is 0.306 e. The van der Waals surface area contributed by atoms with Crippen molar-refractivity contribution in [3.63, 3.8) is 0 Å². The summed E-state index contributed by atoms with van der Waals surface area (Å²) in [5, 5.41) is 9.39. The van der Waals surface area contributed by atoms with Crippen LogP contribution in [0.1, 0.15) is 76.7 Å². The van der Waals surface area contributed by atoms with Crippen molar-refractivity contribution in [2.75, 3.05) is 0 Å². The molecule has 0 aromatic heterocycles. The van der Waals surface area contributed by atoms with Crippen LogP contribution in [0, 0.1) is 35.2 Å². The molecule has 27 heavy (non-hydrogen) atoms. The summed E-state index contributed by atoms with van der Waals surface area (Å²) in [7, 11) is 0. The summed E-state index contributed by atoms with van der Waals surface area (Å²) in [6, 6.07) is 1.78. The second-order valence-electron chi connectivity index (χ2n) is 8.07. The number of carbonyl (C=O) groups is 1. The highest BCUT2D eigenvalue weighted by Crippen LogP contribution is 2.34. The molecule has 1 aromatic rings. The molecular formula is C22H31F3O2. The molecule has 1 aliphatic carbocycles. The Kier molecular flexibility index (Phi) is 8.65. The second kappa shape index (κ2) is 10.7. The third-order valence-electron chi connectivity index (χ3n) is 5.95. The van der Waals surface area contributed by atoms with Crippen LogP contribution in [0.4, 0.5) is 13.2 Å². The van der Waals surface area contributed by atoms with Gasteiger partial charge in [0.15, 0.2) is 17.5 Å². The van der Waals surface area contributed by atoms with Crippen LogP contribution < -0.4 is 0 Å². The Morgan fingerprint density at radius 1 is 1.04 bits per heavy atom. The van der Waals surface area contributed by atoms with Gasteiger partial charge in [-0.25, -0.2) is 13.2 Å². The van der Waals surface area contributed by atoms with Gasteiger partial charge in [-0.15, -0.1) is 0 Å². The first kappa shape index (κ1) is 21.8. The van der Waals surface area contributed by atoms with Crippen molar-refractivity contribution in [3.8, 4) is 0 Å².